The number of nitrogens with zero attached hydrogens (tertiary/aromatic N) is 1. The van der Waals surface area contributed by atoms with Crippen LogP contribution in [0.15, 0.2) is 48.5 Å². The van der Waals surface area contributed by atoms with Crippen LogP contribution >= 0.6 is 11.6 Å². The van der Waals surface area contributed by atoms with E-state index < -0.39 is 0 Å². The predicted octanol–water partition coefficient (Wildman–Crippen LogP) is 3.31. The molecule has 24 heavy (non-hydrogen) atoms. The van der Waals surface area contributed by atoms with Crippen molar-refractivity contribution in [3.05, 3.63) is 53.6 Å². The molecule has 1 aliphatic heterocycles. The van der Waals surface area contributed by atoms with E-state index in [4.69, 9.17) is 21.1 Å². The van der Waals surface area contributed by atoms with E-state index in [1.807, 2.05) is 0 Å². The standard InChI is InChI=1S/C17H15ClN2O4/c18-12-1-7-15(8-2-12)24-11-16(21)19-13-3-5-14(6-4-13)20-9-10-23-17(20)22/h1-8H,9-11H2,(H,19,21). The maximum absolute atomic E-state index is 11.9. The van der Waals surface area contributed by atoms with Crippen LogP contribution in [-0.4, -0.2) is 31.8 Å². The number of amides is 2. The first-order chi connectivity index (χ1) is 11.6. The Morgan fingerprint density at radius 1 is 1.17 bits per heavy atom. The maximum atomic E-state index is 11.9. The number of ether oxygens (including phenoxy) is 2. The van der Waals surface area contributed by atoms with Gasteiger partial charge >= 0.3 is 6.09 Å². The molecule has 1 heterocycles. The first kappa shape index (κ1) is 16.1. The topological polar surface area (TPSA) is 67.9 Å². The van der Waals surface area contributed by atoms with Crippen LogP contribution in [0.5, 0.6) is 5.75 Å². The lowest BCUT2D eigenvalue weighted by molar-refractivity contribution is -0.118. The van der Waals surface area contributed by atoms with Crippen molar-refractivity contribution in [1.82, 2.24) is 0 Å². The van der Waals surface area contributed by atoms with Crippen LogP contribution in [0.3, 0.4) is 0 Å². The molecule has 1 saturated heterocycles. The van der Waals surface area contributed by atoms with Crippen LogP contribution in [-0.2, 0) is 9.53 Å². The Labute approximate surface area is 143 Å². The second-order valence-electron chi connectivity index (χ2n) is 5.10. The molecule has 0 bridgehead atoms. The first-order valence-electron chi connectivity index (χ1n) is 7.34. The van der Waals surface area contributed by atoms with Gasteiger partial charge in [0.15, 0.2) is 6.61 Å². The van der Waals surface area contributed by atoms with E-state index in [0.29, 0.717) is 29.6 Å². The summed E-state index contributed by atoms with van der Waals surface area (Å²) in [6.45, 7) is 0.806. The number of carbonyl (C=O) groups is 2. The van der Waals surface area contributed by atoms with Gasteiger partial charge in [0, 0.05) is 16.4 Å². The highest BCUT2D eigenvalue weighted by Gasteiger charge is 2.23. The summed E-state index contributed by atoms with van der Waals surface area (Å²) in [7, 11) is 0. The van der Waals surface area contributed by atoms with E-state index in [1.165, 1.54) is 4.90 Å². The zero-order valence-electron chi connectivity index (χ0n) is 12.7. The fourth-order valence-electron chi connectivity index (χ4n) is 2.23. The van der Waals surface area contributed by atoms with Crippen LogP contribution in [0.1, 0.15) is 0 Å². The number of nitrogens with one attached hydrogen (secondary N) is 1. The van der Waals surface area contributed by atoms with Crippen LogP contribution < -0.4 is 15.0 Å². The molecule has 0 radical (unpaired) electrons. The van der Waals surface area contributed by atoms with Gasteiger partial charge in [-0.15, -0.1) is 0 Å². The fraction of sp³-hybridized carbons (Fsp3) is 0.176. The average Bonchev–Trinajstić information content (AvgIpc) is 3.01. The molecule has 0 atom stereocenters. The van der Waals surface area contributed by atoms with Crippen LogP contribution in [0, 0.1) is 0 Å². The fourth-order valence-corrected chi connectivity index (χ4v) is 2.36. The van der Waals surface area contributed by atoms with E-state index in [-0.39, 0.29) is 18.6 Å². The second-order valence-corrected chi connectivity index (χ2v) is 5.54. The number of hydrogen-bond acceptors (Lipinski definition) is 4. The molecular formula is C17H15ClN2O4. The lowest BCUT2D eigenvalue weighted by Crippen LogP contribution is -2.23. The molecule has 1 fully saturated rings. The molecule has 1 aliphatic rings. The van der Waals surface area contributed by atoms with E-state index >= 15 is 0 Å². The lowest BCUT2D eigenvalue weighted by Gasteiger charge is -2.13. The predicted molar refractivity (Wildman–Crippen MR) is 90.7 cm³/mol. The SMILES string of the molecule is O=C(COc1ccc(Cl)cc1)Nc1ccc(N2CCOC2=O)cc1. The minimum absolute atomic E-state index is 0.109. The van der Waals surface area contributed by atoms with E-state index in [0.717, 1.165) is 5.69 Å². The third kappa shape index (κ3) is 3.97. The number of halogens is 1. The van der Waals surface area contributed by atoms with E-state index in [1.54, 1.807) is 48.5 Å². The Balaban J connectivity index is 1.52. The minimum Gasteiger partial charge on any atom is -0.484 e. The van der Waals surface area contributed by atoms with Gasteiger partial charge in [-0.25, -0.2) is 4.79 Å². The molecule has 2 aromatic rings. The summed E-state index contributed by atoms with van der Waals surface area (Å²) >= 11 is 5.78. The Hall–Kier alpha value is -2.73. The zero-order chi connectivity index (χ0) is 16.9. The highest BCUT2D eigenvalue weighted by molar-refractivity contribution is 6.30. The van der Waals surface area contributed by atoms with Crippen molar-refractivity contribution in [3.8, 4) is 5.75 Å². The largest absolute Gasteiger partial charge is 0.484 e. The van der Waals surface area contributed by atoms with Crippen molar-refractivity contribution >= 4 is 35.0 Å². The van der Waals surface area contributed by atoms with Crippen molar-refractivity contribution in [2.45, 2.75) is 0 Å². The molecule has 0 spiro atoms. The van der Waals surface area contributed by atoms with Gasteiger partial charge in [-0.1, -0.05) is 11.6 Å². The molecule has 0 unspecified atom stereocenters. The zero-order valence-corrected chi connectivity index (χ0v) is 13.5. The van der Waals surface area contributed by atoms with E-state index in [2.05, 4.69) is 5.32 Å². The van der Waals surface area contributed by atoms with Gasteiger partial charge in [-0.2, -0.15) is 0 Å². The smallest absolute Gasteiger partial charge is 0.414 e. The van der Waals surface area contributed by atoms with Crippen molar-refractivity contribution in [2.24, 2.45) is 0 Å². The van der Waals surface area contributed by atoms with Gasteiger partial charge < -0.3 is 14.8 Å². The molecule has 7 heteroatoms. The Bertz CT molecular complexity index is 731. The maximum Gasteiger partial charge on any atom is 0.414 e. The summed E-state index contributed by atoms with van der Waals surface area (Å²) in [5.41, 5.74) is 1.35. The van der Waals surface area contributed by atoms with Crippen LogP contribution in [0.2, 0.25) is 5.02 Å². The molecular weight excluding hydrogens is 332 g/mol. The van der Waals surface area contributed by atoms with Crippen molar-refractivity contribution in [2.75, 3.05) is 30.0 Å². The molecule has 0 aliphatic carbocycles. The summed E-state index contributed by atoms with van der Waals surface area (Å²) in [5, 5.41) is 3.33. The molecule has 124 valence electrons. The second kappa shape index (κ2) is 7.23. The van der Waals surface area contributed by atoms with Crippen LogP contribution in [0.25, 0.3) is 0 Å². The number of hydrogen-bond donors (Lipinski definition) is 1. The average molecular weight is 347 g/mol. The van der Waals surface area contributed by atoms with Crippen molar-refractivity contribution < 1.29 is 19.1 Å². The first-order valence-corrected chi connectivity index (χ1v) is 7.72. The molecule has 0 aromatic heterocycles. The van der Waals surface area contributed by atoms with Gasteiger partial charge in [0.05, 0.1) is 6.54 Å². The van der Waals surface area contributed by atoms with E-state index in [9.17, 15) is 9.59 Å². The van der Waals surface area contributed by atoms with Crippen molar-refractivity contribution in [3.63, 3.8) is 0 Å². The number of benzene rings is 2. The molecule has 1 N–H and O–H groups in total. The Kier molecular flexibility index (Phi) is 4.86. The molecule has 0 saturated carbocycles. The summed E-state index contributed by atoms with van der Waals surface area (Å²) in [6, 6.07) is 13.7. The number of cyclic esters (lactones) is 1. The lowest BCUT2D eigenvalue weighted by atomic mass is 10.2. The third-order valence-electron chi connectivity index (χ3n) is 3.41. The molecule has 6 nitrogen and oxygen atoms in total. The summed E-state index contributed by atoms with van der Waals surface area (Å²) < 4.78 is 10.3. The van der Waals surface area contributed by atoms with Gasteiger partial charge in [0.2, 0.25) is 0 Å². The normalized spacial score (nSPS) is 13.5. The quantitative estimate of drug-likeness (QED) is 0.901. The highest BCUT2D eigenvalue weighted by Crippen LogP contribution is 2.21. The Morgan fingerprint density at radius 3 is 2.50 bits per heavy atom. The van der Waals surface area contributed by atoms with Crippen LogP contribution in [0.4, 0.5) is 16.2 Å². The molecule has 2 aromatic carbocycles. The summed E-state index contributed by atoms with van der Waals surface area (Å²) in [4.78, 5) is 24.9. The summed E-state index contributed by atoms with van der Waals surface area (Å²) in [5.74, 6) is 0.288. The van der Waals surface area contributed by atoms with Crippen molar-refractivity contribution in [1.29, 1.82) is 0 Å². The molecule has 3 rings (SSSR count). The number of anilines is 2. The van der Waals surface area contributed by atoms with Gasteiger partial charge in [0.25, 0.3) is 5.91 Å². The van der Waals surface area contributed by atoms with Gasteiger partial charge in [-0.05, 0) is 48.5 Å². The highest BCUT2D eigenvalue weighted by atomic mass is 35.5. The van der Waals surface area contributed by atoms with Gasteiger partial charge in [-0.3, -0.25) is 9.69 Å². The third-order valence-corrected chi connectivity index (χ3v) is 3.66. The van der Waals surface area contributed by atoms with Gasteiger partial charge in [0.1, 0.15) is 12.4 Å². The minimum atomic E-state index is -0.358. The Morgan fingerprint density at radius 2 is 1.88 bits per heavy atom. The molecule has 2 amide bonds. The number of carbonyl (C=O) groups excluding carboxylic acids is 2. The monoisotopic (exact) mass is 346 g/mol. The summed E-state index contributed by atoms with van der Waals surface area (Å²) in [6.07, 6.45) is -0.358. The number of rotatable bonds is 5.